The molecule has 2 amide bonds. The number of nitrogens with zero attached hydrogens (tertiary/aromatic N) is 2. The van der Waals surface area contributed by atoms with Crippen molar-refractivity contribution in [3.8, 4) is 0 Å². The highest BCUT2D eigenvalue weighted by atomic mass is 35.5. The molecule has 0 saturated heterocycles. The summed E-state index contributed by atoms with van der Waals surface area (Å²) in [6.07, 6.45) is -1.55. The van der Waals surface area contributed by atoms with Crippen molar-refractivity contribution in [2.75, 3.05) is 14.1 Å². The molecule has 168 valence electrons. The first-order chi connectivity index (χ1) is 13.6. The molecule has 0 aromatic heterocycles. The molecule has 0 heterocycles. The number of ether oxygens (including phenoxy) is 1. The predicted octanol–water partition coefficient (Wildman–Crippen LogP) is 3.47. The number of benzene rings is 1. The number of hydrogen-bond donors (Lipinski definition) is 0. The van der Waals surface area contributed by atoms with Gasteiger partial charge in [0.1, 0.15) is 10.5 Å². The van der Waals surface area contributed by atoms with Gasteiger partial charge >= 0.3 is 22.1 Å². The number of sulfonamides is 1. The molecular formula is C19H27ClN2O7S. The summed E-state index contributed by atoms with van der Waals surface area (Å²) in [4.78, 5) is 42.5. The first-order valence-electron chi connectivity index (χ1n) is 9.06. The maximum atomic E-state index is 13.2. The van der Waals surface area contributed by atoms with E-state index in [1.54, 1.807) is 13.8 Å². The molecule has 0 atom stereocenters. The maximum absolute atomic E-state index is 13.2. The normalized spacial score (nSPS) is 11.8. The van der Waals surface area contributed by atoms with Crippen LogP contribution < -0.4 is 0 Å². The Morgan fingerprint density at radius 1 is 1.13 bits per heavy atom. The van der Waals surface area contributed by atoms with Crippen LogP contribution in [0.3, 0.4) is 0 Å². The summed E-state index contributed by atoms with van der Waals surface area (Å²) in [7, 11) is -1.82. The third-order valence-electron chi connectivity index (χ3n) is 3.38. The van der Waals surface area contributed by atoms with Crippen molar-refractivity contribution in [1.29, 1.82) is 0 Å². The molecule has 0 aliphatic rings. The second-order valence-electron chi connectivity index (χ2n) is 8.12. The third-order valence-corrected chi connectivity index (χ3v) is 5.38. The fourth-order valence-corrected chi connectivity index (χ4v) is 3.72. The quantitative estimate of drug-likeness (QED) is 0.616. The molecule has 0 unspecified atom stereocenters. The molecule has 0 saturated carbocycles. The number of hydroxylamine groups is 1. The van der Waals surface area contributed by atoms with Crippen LogP contribution in [-0.2, 0) is 24.4 Å². The van der Waals surface area contributed by atoms with Gasteiger partial charge in [-0.1, -0.05) is 25.4 Å². The highest BCUT2D eigenvalue weighted by Gasteiger charge is 2.39. The number of halogens is 1. The molecule has 0 aliphatic carbocycles. The number of hydrogen-bond acceptors (Lipinski definition) is 7. The van der Waals surface area contributed by atoms with Crippen LogP contribution in [0, 0.1) is 5.92 Å². The maximum Gasteiger partial charge on any atom is 0.459 e. The second-order valence-corrected chi connectivity index (χ2v) is 10.2. The average Bonchev–Trinajstić information content (AvgIpc) is 2.56. The van der Waals surface area contributed by atoms with Crippen molar-refractivity contribution in [2.45, 2.75) is 51.5 Å². The van der Waals surface area contributed by atoms with Gasteiger partial charge in [-0.15, -0.1) is 0 Å². The lowest BCUT2D eigenvalue weighted by molar-refractivity contribution is -0.167. The zero-order valence-electron chi connectivity index (χ0n) is 18.1. The number of amides is 2. The molecule has 11 heteroatoms. The van der Waals surface area contributed by atoms with Crippen LogP contribution in [0.15, 0.2) is 23.1 Å². The van der Waals surface area contributed by atoms with E-state index in [0.717, 1.165) is 6.07 Å². The summed E-state index contributed by atoms with van der Waals surface area (Å²) in [6, 6.07) is 3.55. The van der Waals surface area contributed by atoms with Gasteiger partial charge in [-0.25, -0.2) is 9.59 Å². The molecule has 1 rings (SSSR count). The summed E-state index contributed by atoms with van der Waals surface area (Å²) < 4.78 is 31.3. The summed E-state index contributed by atoms with van der Waals surface area (Å²) in [5.74, 6) is -1.58. The molecule has 1 aromatic rings. The van der Waals surface area contributed by atoms with E-state index in [1.165, 1.54) is 51.9 Å². The molecule has 0 spiro atoms. The van der Waals surface area contributed by atoms with Crippen molar-refractivity contribution in [2.24, 2.45) is 5.92 Å². The largest absolute Gasteiger partial charge is 0.459 e. The Hall–Kier alpha value is -2.33. The van der Waals surface area contributed by atoms with E-state index < -0.39 is 38.5 Å². The van der Waals surface area contributed by atoms with E-state index in [2.05, 4.69) is 0 Å². The van der Waals surface area contributed by atoms with Crippen molar-refractivity contribution in [1.82, 2.24) is 9.37 Å². The summed E-state index contributed by atoms with van der Waals surface area (Å²) in [6.45, 7) is 8.01. The molecule has 1 aromatic carbocycles. The van der Waals surface area contributed by atoms with Gasteiger partial charge in [0.15, 0.2) is 0 Å². The smallest absolute Gasteiger partial charge is 0.441 e. The zero-order valence-corrected chi connectivity index (χ0v) is 19.6. The van der Waals surface area contributed by atoms with Crippen LogP contribution in [0.5, 0.6) is 0 Å². The Labute approximate surface area is 181 Å². The molecule has 0 fully saturated rings. The second kappa shape index (κ2) is 9.65. The van der Waals surface area contributed by atoms with E-state index in [9.17, 15) is 22.8 Å². The van der Waals surface area contributed by atoms with Crippen LogP contribution in [0.1, 0.15) is 51.4 Å². The lowest BCUT2D eigenvalue weighted by atomic mass is 10.1. The van der Waals surface area contributed by atoms with E-state index >= 15 is 0 Å². The molecule has 0 N–H and O–H groups in total. The molecule has 0 radical (unpaired) electrons. The Balaban J connectivity index is 3.50. The molecular weight excluding hydrogens is 436 g/mol. The summed E-state index contributed by atoms with van der Waals surface area (Å²) in [5.41, 5.74) is -1.05. The van der Waals surface area contributed by atoms with Crippen LogP contribution in [0.4, 0.5) is 4.79 Å². The Morgan fingerprint density at radius 3 is 2.17 bits per heavy atom. The minimum Gasteiger partial charge on any atom is -0.441 e. The van der Waals surface area contributed by atoms with E-state index in [4.69, 9.17) is 21.2 Å². The van der Waals surface area contributed by atoms with E-state index in [-0.39, 0.29) is 27.4 Å². The van der Waals surface area contributed by atoms with Gasteiger partial charge in [0, 0.05) is 19.7 Å². The number of carbonyl (C=O) groups is 3. The number of rotatable bonds is 5. The zero-order chi connectivity index (χ0) is 23.4. The van der Waals surface area contributed by atoms with Crippen molar-refractivity contribution in [3.63, 3.8) is 0 Å². The van der Waals surface area contributed by atoms with Crippen LogP contribution in [-0.4, -0.2) is 55.5 Å². The van der Waals surface area contributed by atoms with Gasteiger partial charge < -0.3 is 14.5 Å². The Bertz CT molecular complexity index is 921. The van der Waals surface area contributed by atoms with E-state index in [0.29, 0.717) is 0 Å². The fraction of sp³-hybridized carbons (Fsp3) is 0.526. The SMILES string of the molecule is CC(C)CC(=O)ON(C(=O)OC(C)(C)C)S(=O)(=O)c1cc(C(=O)N(C)C)ccc1Cl. The Morgan fingerprint density at radius 2 is 1.70 bits per heavy atom. The van der Waals surface area contributed by atoms with Crippen molar-refractivity contribution in [3.05, 3.63) is 28.8 Å². The minimum atomic E-state index is -4.80. The van der Waals surface area contributed by atoms with Gasteiger partial charge in [-0.2, -0.15) is 8.42 Å². The molecule has 0 aliphatic heterocycles. The van der Waals surface area contributed by atoms with Gasteiger partial charge in [0.05, 0.1) is 11.4 Å². The highest BCUT2D eigenvalue weighted by Crippen LogP contribution is 2.28. The summed E-state index contributed by atoms with van der Waals surface area (Å²) in [5, 5.41) is -0.265. The van der Waals surface area contributed by atoms with Crippen molar-refractivity contribution >= 4 is 39.6 Å². The van der Waals surface area contributed by atoms with Crippen LogP contribution >= 0.6 is 11.6 Å². The number of carbonyl (C=O) groups excluding carboxylic acids is 3. The summed E-state index contributed by atoms with van der Waals surface area (Å²) >= 11 is 6.04. The average molecular weight is 463 g/mol. The molecule has 9 nitrogen and oxygen atoms in total. The van der Waals surface area contributed by atoms with Gasteiger partial charge in [-0.3, -0.25) is 4.79 Å². The first kappa shape index (κ1) is 25.7. The monoisotopic (exact) mass is 462 g/mol. The molecule has 30 heavy (non-hydrogen) atoms. The third kappa shape index (κ3) is 6.88. The van der Waals surface area contributed by atoms with Gasteiger partial charge in [-0.05, 0) is 49.4 Å². The highest BCUT2D eigenvalue weighted by molar-refractivity contribution is 7.89. The van der Waals surface area contributed by atoms with Gasteiger partial charge in [0.2, 0.25) is 0 Å². The van der Waals surface area contributed by atoms with Crippen LogP contribution in [0.2, 0.25) is 5.02 Å². The lowest BCUT2D eigenvalue weighted by Gasteiger charge is -2.26. The Kier molecular flexibility index (Phi) is 8.27. The molecule has 0 bridgehead atoms. The fourth-order valence-electron chi connectivity index (χ4n) is 2.13. The minimum absolute atomic E-state index is 0.0145. The van der Waals surface area contributed by atoms with Crippen LogP contribution in [0.25, 0.3) is 0 Å². The van der Waals surface area contributed by atoms with Crippen molar-refractivity contribution < 1.29 is 32.4 Å². The topological polar surface area (TPSA) is 110 Å². The van der Waals surface area contributed by atoms with E-state index in [1.807, 2.05) is 0 Å². The van der Waals surface area contributed by atoms with Gasteiger partial charge in [0.25, 0.3) is 5.91 Å². The predicted molar refractivity (Wildman–Crippen MR) is 110 cm³/mol. The first-order valence-corrected chi connectivity index (χ1v) is 10.9. The lowest BCUT2D eigenvalue weighted by Crippen LogP contribution is -2.42. The standard InChI is InChI=1S/C19H27ClN2O7S/c1-12(2)10-16(23)29-22(18(25)28-19(3,4)5)30(26,27)15-11-13(8-9-14(15)20)17(24)21(6)7/h8-9,11-12H,10H2,1-7H3.